The quantitative estimate of drug-likeness (QED) is 0.313. The zero-order valence-corrected chi connectivity index (χ0v) is 21.4. The van der Waals surface area contributed by atoms with Crippen molar-refractivity contribution < 1.29 is 31.5 Å². The molecule has 1 aliphatic rings. The molecule has 0 radical (unpaired) electrons. The summed E-state index contributed by atoms with van der Waals surface area (Å²) >= 11 is 0.808. The van der Waals surface area contributed by atoms with Crippen LogP contribution < -0.4 is 15.4 Å². The number of hydrogen-bond acceptors (Lipinski definition) is 8. The summed E-state index contributed by atoms with van der Waals surface area (Å²) in [5, 5.41) is 15.0. The minimum atomic E-state index is -4.11. The van der Waals surface area contributed by atoms with Gasteiger partial charge in [0.1, 0.15) is 10.3 Å². The van der Waals surface area contributed by atoms with E-state index in [1.807, 2.05) is 0 Å². The summed E-state index contributed by atoms with van der Waals surface area (Å²) in [5.74, 6) is -1.62. The zero-order valence-electron chi connectivity index (χ0n) is 19.0. The third-order valence-electron chi connectivity index (χ3n) is 5.71. The van der Waals surface area contributed by atoms with Crippen LogP contribution in [0, 0.1) is 5.92 Å². The third-order valence-corrected chi connectivity index (χ3v) is 10.7. The molecule has 2 heterocycles. The van der Waals surface area contributed by atoms with Crippen LogP contribution in [0.2, 0.25) is 0 Å². The van der Waals surface area contributed by atoms with E-state index in [2.05, 4.69) is 15.4 Å². The molecule has 1 aliphatic heterocycles. The monoisotopic (exact) mass is 543 g/mol. The fourth-order valence-electron chi connectivity index (χ4n) is 3.76. The van der Waals surface area contributed by atoms with Crippen molar-refractivity contribution >= 4 is 43.1 Å². The van der Waals surface area contributed by atoms with E-state index in [1.54, 1.807) is 6.07 Å². The van der Waals surface area contributed by atoms with Gasteiger partial charge in [0.05, 0.1) is 15.5 Å². The Bertz CT molecular complexity index is 1220. The van der Waals surface area contributed by atoms with Gasteiger partial charge in [0, 0.05) is 6.54 Å². The molecule has 4 N–H and O–H groups in total. The van der Waals surface area contributed by atoms with E-state index in [1.165, 1.54) is 36.4 Å². The Morgan fingerprint density at radius 2 is 1.74 bits per heavy atom. The molecule has 192 valence electrons. The highest BCUT2D eigenvalue weighted by atomic mass is 32.2. The molecule has 0 aliphatic carbocycles. The number of hydrogen-bond donors (Lipinski definition) is 4. The summed E-state index contributed by atoms with van der Waals surface area (Å²) < 4.78 is 52.3. The predicted octanol–water partition coefficient (Wildman–Crippen LogP) is 1.46. The van der Waals surface area contributed by atoms with Gasteiger partial charge in [-0.05, 0) is 69.0 Å². The summed E-state index contributed by atoms with van der Waals surface area (Å²) in [4.78, 5) is 24.0. The van der Waals surface area contributed by atoms with Crippen molar-refractivity contribution in [3.63, 3.8) is 0 Å². The smallest absolute Gasteiger partial charge is 0.323 e. The van der Waals surface area contributed by atoms with Crippen molar-refractivity contribution in [2.24, 2.45) is 5.92 Å². The van der Waals surface area contributed by atoms with Crippen LogP contribution in [0.25, 0.3) is 0 Å². The predicted molar refractivity (Wildman–Crippen MR) is 132 cm³/mol. The Morgan fingerprint density at radius 3 is 2.40 bits per heavy atom. The number of carboxylic acids is 1. The van der Waals surface area contributed by atoms with E-state index >= 15 is 0 Å². The molecule has 3 rings (SSSR count). The first-order valence-electron chi connectivity index (χ1n) is 11.2. The van der Waals surface area contributed by atoms with Gasteiger partial charge >= 0.3 is 5.97 Å². The van der Waals surface area contributed by atoms with Gasteiger partial charge in [-0.1, -0.05) is 18.2 Å². The second-order valence-corrected chi connectivity index (χ2v) is 13.4. The number of benzene rings is 1. The maximum atomic E-state index is 12.7. The van der Waals surface area contributed by atoms with Crippen molar-refractivity contribution in [1.82, 2.24) is 15.4 Å². The molecule has 13 heteroatoms. The van der Waals surface area contributed by atoms with Gasteiger partial charge in [-0.2, -0.15) is 4.72 Å². The molecule has 0 bridgehead atoms. The number of sulfone groups is 1. The highest BCUT2D eigenvalue weighted by Gasteiger charge is 2.27. The number of carboxylic acid groups (broad SMARTS) is 1. The molecule has 1 atom stereocenters. The van der Waals surface area contributed by atoms with Crippen LogP contribution in [0.3, 0.4) is 0 Å². The minimum Gasteiger partial charge on any atom is -0.480 e. The largest absolute Gasteiger partial charge is 0.480 e. The van der Waals surface area contributed by atoms with E-state index < -0.39 is 44.3 Å². The molecular weight excluding hydrogens is 514 g/mol. The van der Waals surface area contributed by atoms with Crippen LogP contribution in [0.4, 0.5) is 0 Å². The maximum Gasteiger partial charge on any atom is 0.323 e. The van der Waals surface area contributed by atoms with Gasteiger partial charge in [0.15, 0.2) is 9.84 Å². The number of carbonyl (C=O) groups is 2. The van der Waals surface area contributed by atoms with Crippen LogP contribution in [0.15, 0.2) is 51.6 Å². The zero-order chi connectivity index (χ0) is 25.5. The minimum absolute atomic E-state index is 0.000848. The van der Waals surface area contributed by atoms with Crippen LogP contribution in [0.1, 0.15) is 35.4 Å². The Balaban J connectivity index is 1.55. The molecule has 10 nitrogen and oxygen atoms in total. The average molecular weight is 544 g/mol. The number of sulfonamides is 1. The fraction of sp³-hybridized carbons (Fsp3) is 0.455. The first-order chi connectivity index (χ1) is 16.6. The van der Waals surface area contributed by atoms with Crippen molar-refractivity contribution in [1.29, 1.82) is 0 Å². The van der Waals surface area contributed by atoms with Crippen molar-refractivity contribution in [2.45, 2.75) is 40.8 Å². The van der Waals surface area contributed by atoms with E-state index in [-0.39, 0.29) is 19.7 Å². The highest BCUT2D eigenvalue weighted by Crippen LogP contribution is 2.25. The van der Waals surface area contributed by atoms with E-state index in [0.717, 1.165) is 43.7 Å². The molecule has 0 unspecified atom stereocenters. The number of aliphatic carboxylic acids is 1. The van der Waals surface area contributed by atoms with Crippen molar-refractivity contribution in [2.75, 3.05) is 25.4 Å². The standard InChI is InChI=1S/C22H29N3O7S3/c26-21(24-15-18(22(27)28)25-35(31,32)17-6-2-1-3-7-17)19-8-9-20(33-19)34(29,30)14-4-5-16-10-12-23-13-11-16/h1-3,6-9,16,18,23,25H,4-5,10-15H2,(H,24,26)(H,27,28)/t18-/m0/s1. The number of thiophene rings is 1. The van der Waals surface area contributed by atoms with Crippen LogP contribution in [0.5, 0.6) is 0 Å². The Kier molecular flexibility index (Phi) is 9.41. The summed E-state index contributed by atoms with van der Waals surface area (Å²) in [6.45, 7) is 1.39. The van der Waals surface area contributed by atoms with E-state index in [0.29, 0.717) is 12.3 Å². The van der Waals surface area contributed by atoms with Gasteiger partial charge in [0.2, 0.25) is 10.0 Å². The fourth-order valence-corrected chi connectivity index (χ4v) is 7.67. The molecule has 35 heavy (non-hydrogen) atoms. The molecule has 1 amide bonds. The molecule has 0 spiro atoms. The second kappa shape index (κ2) is 12.1. The van der Waals surface area contributed by atoms with E-state index in [9.17, 15) is 31.5 Å². The summed E-state index contributed by atoms with van der Waals surface area (Å²) in [6, 6.07) is 8.39. The normalized spacial score (nSPS) is 16.0. The molecule has 1 aromatic heterocycles. The SMILES string of the molecule is O=C(NC[C@H](NS(=O)(=O)c1ccccc1)C(=O)O)c1ccc(S(=O)(=O)CCCC2CCNCC2)s1. The lowest BCUT2D eigenvalue weighted by molar-refractivity contribution is -0.138. The number of carbonyl (C=O) groups excluding carboxylic acids is 1. The summed E-state index contributed by atoms with van der Waals surface area (Å²) in [7, 11) is -7.65. The van der Waals surface area contributed by atoms with Crippen molar-refractivity contribution in [3.05, 3.63) is 47.3 Å². The Hall–Kier alpha value is -2.32. The maximum absolute atomic E-state index is 12.7. The van der Waals surface area contributed by atoms with Gasteiger partial charge in [-0.3, -0.25) is 9.59 Å². The third kappa shape index (κ3) is 7.84. The van der Waals surface area contributed by atoms with Gasteiger partial charge < -0.3 is 15.7 Å². The van der Waals surface area contributed by atoms with E-state index in [4.69, 9.17) is 0 Å². The second-order valence-electron chi connectivity index (χ2n) is 8.31. The van der Waals surface area contributed by atoms with Gasteiger partial charge in [0.25, 0.3) is 5.91 Å². The van der Waals surface area contributed by atoms with Gasteiger partial charge in [-0.15, -0.1) is 11.3 Å². The molecule has 1 aromatic carbocycles. The first-order valence-corrected chi connectivity index (χ1v) is 15.2. The molecule has 0 saturated carbocycles. The van der Waals surface area contributed by atoms with Crippen molar-refractivity contribution in [3.8, 4) is 0 Å². The Morgan fingerprint density at radius 1 is 1.06 bits per heavy atom. The van der Waals surface area contributed by atoms with Crippen LogP contribution >= 0.6 is 11.3 Å². The first kappa shape index (κ1) is 27.3. The molecular formula is C22H29N3O7S3. The number of amides is 1. The molecule has 1 fully saturated rings. The number of rotatable bonds is 12. The molecule has 2 aromatic rings. The lowest BCUT2D eigenvalue weighted by Crippen LogP contribution is -2.48. The molecule has 1 saturated heterocycles. The lowest BCUT2D eigenvalue weighted by atomic mass is 9.94. The number of piperidine rings is 1. The summed E-state index contributed by atoms with van der Waals surface area (Å²) in [6.07, 6.45) is 3.48. The van der Waals surface area contributed by atoms with Gasteiger partial charge in [-0.25, -0.2) is 16.8 Å². The van der Waals surface area contributed by atoms with Crippen LogP contribution in [-0.4, -0.2) is 65.2 Å². The average Bonchev–Trinajstić information content (AvgIpc) is 3.34. The highest BCUT2D eigenvalue weighted by molar-refractivity contribution is 7.93. The lowest BCUT2D eigenvalue weighted by Gasteiger charge is -2.22. The topological polar surface area (TPSA) is 159 Å². The van der Waals surface area contributed by atoms with Crippen LogP contribution in [-0.2, 0) is 24.7 Å². The summed E-state index contributed by atoms with van der Waals surface area (Å²) in [5.41, 5.74) is 0. The number of nitrogens with one attached hydrogen (secondary N) is 3. The Labute approximate surface area is 209 Å².